The standard InChI is InChI=1S/C59H38BN3/c1-31-9-15-42-35(21-31)13-19-49-53(42)55-44-17-11-33(3)23-39(44)26-46-58(55)62(49)51-28-38(41-25-37-7-5-6-8-48(37)61-30-41)29-52-57(51)60(46)47-27-40-24-34(4)12-18-45(40)56-54-43-16-10-32(2)22-36(43)14-20-50(54)63(52)59(47)56/h5-30H,1-4H3. The summed E-state index contributed by atoms with van der Waals surface area (Å²) in [5.74, 6) is 0. The van der Waals surface area contributed by atoms with Crippen LogP contribution >= 0.6 is 0 Å². The number of pyridine rings is 1. The van der Waals surface area contributed by atoms with Crippen molar-refractivity contribution in [3.8, 4) is 22.5 Å². The summed E-state index contributed by atoms with van der Waals surface area (Å²) in [6.07, 6.45) is 2.08. The Morgan fingerprint density at radius 2 is 0.873 bits per heavy atom. The summed E-state index contributed by atoms with van der Waals surface area (Å²) in [6, 6.07) is 58.5. The zero-order valence-electron chi connectivity index (χ0n) is 35.4. The minimum atomic E-state index is -0.00533. The molecule has 5 heterocycles. The largest absolute Gasteiger partial charge is 0.310 e. The van der Waals surface area contributed by atoms with Gasteiger partial charge >= 0.3 is 0 Å². The summed E-state index contributed by atoms with van der Waals surface area (Å²) in [6.45, 7) is 8.86. The maximum atomic E-state index is 5.03. The van der Waals surface area contributed by atoms with Crippen LogP contribution in [0.4, 0.5) is 0 Å². The molecule has 2 aliphatic heterocycles. The van der Waals surface area contributed by atoms with Crippen LogP contribution in [0.1, 0.15) is 22.3 Å². The molecule has 0 amide bonds. The number of rotatable bonds is 1. The van der Waals surface area contributed by atoms with Crippen molar-refractivity contribution in [1.82, 2.24) is 14.1 Å². The Morgan fingerprint density at radius 3 is 1.40 bits per heavy atom. The second kappa shape index (κ2) is 11.6. The van der Waals surface area contributed by atoms with Gasteiger partial charge in [-0.15, -0.1) is 0 Å². The third-order valence-electron chi connectivity index (χ3n) is 14.8. The lowest BCUT2D eigenvalue weighted by Gasteiger charge is -2.34. The summed E-state index contributed by atoms with van der Waals surface area (Å²) >= 11 is 0. The van der Waals surface area contributed by atoms with E-state index >= 15 is 0 Å². The first-order valence-corrected chi connectivity index (χ1v) is 22.2. The third-order valence-corrected chi connectivity index (χ3v) is 14.8. The Hall–Kier alpha value is -7.69. The third kappa shape index (κ3) is 4.28. The van der Waals surface area contributed by atoms with Crippen LogP contribution in [-0.4, -0.2) is 20.8 Å². The van der Waals surface area contributed by atoms with Crippen LogP contribution in [0.3, 0.4) is 0 Å². The van der Waals surface area contributed by atoms with Crippen molar-refractivity contribution >= 4 is 121 Å². The Labute approximate surface area is 363 Å². The highest BCUT2D eigenvalue weighted by atomic mass is 15.0. The molecule has 13 aromatic rings. The van der Waals surface area contributed by atoms with Gasteiger partial charge in [0.05, 0.1) is 27.6 Å². The van der Waals surface area contributed by atoms with Gasteiger partial charge in [0.25, 0.3) is 6.71 Å². The summed E-state index contributed by atoms with van der Waals surface area (Å²) in [5, 5.41) is 16.9. The molecule has 0 saturated carbocycles. The molecule has 0 N–H and O–H groups in total. The second-order valence-corrected chi connectivity index (χ2v) is 18.6. The molecule has 10 aromatic carbocycles. The Morgan fingerprint density at radius 1 is 0.397 bits per heavy atom. The number of para-hydroxylation sites is 1. The minimum absolute atomic E-state index is 0.00533. The summed E-state index contributed by atoms with van der Waals surface area (Å²) in [4.78, 5) is 5.03. The summed E-state index contributed by atoms with van der Waals surface area (Å²) in [7, 11) is 0. The number of hydrogen-bond donors (Lipinski definition) is 0. The molecule has 0 aliphatic carbocycles. The molecular weight excluding hydrogens is 761 g/mol. The van der Waals surface area contributed by atoms with Gasteiger partial charge in [0.15, 0.2) is 0 Å². The highest BCUT2D eigenvalue weighted by molar-refractivity contribution is 7.00. The number of aromatic nitrogens is 3. The van der Waals surface area contributed by atoms with E-state index in [-0.39, 0.29) is 6.71 Å². The lowest BCUT2D eigenvalue weighted by molar-refractivity contribution is 1.14. The molecule has 0 bridgehead atoms. The first kappa shape index (κ1) is 34.0. The molecule has 4 heteroatoms. The highest BCUT2D eigenvalue weighted by Gasteiger charge is 2.42. The molecule has 3 aromatic heterocycles. The molecule has 0 fully saturated rings. The van der Waals surface area contributed by atoms with Crippen molar-refractivity contribution in [2.45, 2.75) is 27.7 Å². The van der Waals surface area contributed by atoms with Crippen molar-refractivity contribution < 1.29 is 0 Å². The average molecular weight is 800 g/mol. The quantitative estimate of drug-likeness (QED) is 0.152. The van der Waals surface area contributed by atoms with Gasteiger partial charge in [-0.05, 0) is 129 Å². The fourth-order valence-corrected chi connectivity index (χ4v) is 12.2. The zero-order chi connectivity index (χ0) is 41.6. The van der Waals surface area contributed by atoms with Gasteiger partial charge in [-0.1, -0.05) is 138 Å². The van der Waals surface area contributed by atoms with Crippen molar-refractivity contribution in [3.05, 3.63) is 180 Å². The van der Waals surface area contributed by atoms with Gasteiger partial charge in [0.1, 0.15) is 0 Å². The lowest BCUT2D eigenvalue weighted by Crippen LogP contribution is -2.59. The predicted octanol–water partition coefficient (Wildman–Crippen LogP) is 13.1. The van der Waals surface area contributed by atoms with Gasteiger partial charge in [0.2, 0.25) is 0 Å². The number of nitrogens with zero attached hydrogens (tertiary/aromatic N) is 3. The Kier molecular flexibility index (Phi) is 6.26. The Bertz CT molecular complexity index is 4080. The number of hydrogen-bond acceptors (Lipinski definition) is 1. The number of aryl methyl sites for hydroxylation is 4. The number of benzene rings is 10. The van der Waals surface area contributed by atoms with E-state index in [4.69, 9.17) is 4.98 Å². The molecule has 15 rings (SSSR count). The van der Waals surface area contributed by atoms with Crippen LogP contribution in [0.25, 0.3) is 120 Å². The summed E-state index contributed by atoms with van der Waals surface area (Å²) < 4.78 is 5.28. The zero-order valence-corrected chi connectivity index (χ0v) is 35.4. The molecule has 63 heavy (non-hydrogen) atoms. The highest BCUT2D eigenvalue weighted by Crippen LogP contribution is 2.47. The van der Waals surface area contributed by atoms with Gasteiger partial charge in [0, 0.05) is 50.1 Å². The fraction of sp³-hybridized carbons (Fsp3) is 0.0678. The van der Waals surface area contributed by atoms with E-state index in [2.05, 4.69) is 195 Å². The van der Waals surface area contributed by atoms with E-state index in [9.17, 15) is 0 Å². The molecular formula is C59H38BN3. The monoisotopic (exact) mass is 799 g/mol. The second-order valence-electron chi connectivity index (χ2n) is 18.6. The van der Waals surface area contributed by atoms with Crippen molar-refractivity contribution in [1.29, 1.82) is 0 Å². The van der Waals surface area contributed by atoms with Crippen LogP contribution in [0.15, 0.2) is 158 Å². The van der Waals surface area contributed by atoms with Gasteiger partial charge in [-0.25, -0.2) is 0 Å². The molecule has 0 atom stereocenters. The SMILES string of the molecule is Cc1ccc2c(ccc3c2c2c4ccc(C)cc4cc4c2n3-c2cc(-c3cnc5ccccc5c3)cc3c2B4c2cc4cc(C)ccc4c4c5c6ccc(C)cc6ccc5n-3c24)c1. The maximum absolute atomic E-state index is 5.03. The van der Waals surface area contributed by atoms with E-state index in [0.29, 0.717) is 0 Å². The van der Waals surface area contributed by atoms with E-state index in [1.165, 1.54) is 142 Å². The van der Waals surface area contributed by atoms with Crippen LogP contribution in [0.2, 0.25) is 0 Å². The van der Waals surface area contributed by atoms with Gasteiger partial charge in [-0.2, -0.15) is 0 Å². The number of fused-ring (bicyclic) bond motifs is 19. The van der Waals surface area contributed by atoms with E-state index in [1.807, 2.05) is 0 Å². The molecule has 2 aliphatic rings. The van der Waals surface area contributed by atoms with Crippen LogP contribution in [-0.2, 0) is 0 Å². The molecule has 292 valence electrons. The smallest absolute Gasteiger partial charge is 0.252 e. The van der Waals surface area contributed by atoms with E-state index in [1.54, 1.807) is 0 Å². The van der Waals surface area contributed by atoms with Crippen molar-refractivity contribution in [2.24, 2.45) is 0 Å². The molecule has 0 spiro atoms. The van der Waals surface area contributed by atoms with Crippen molar-refractivity contribution in [3.63, 3.8) is 0 Å². The van der Waals surface area contributed by atoms with Crippen molar-refractivity contribution in [2.75, 3.05) is 0 Å². The molecule has 3 nitrogen and oxygen atoms in total. The lowest BCUT2D eigenvalue weighted by atomic mass is 9.34. The van der Waals surface area contributed by atoms with E-state index < -0.39 is 0 Å². The van der Waals surface area contributed by atoms with Gasteiger partial charge < -0.3 is 9.13 Å². The van der Waals surface area contributed by atoms with E-state index in [0.717, 1.165) is 16.5 Å². The van der Waals surface area contributed by atoms with Gasteiger partial charge in [-0.3, -0.25) is 4.98 Å². The van der Waals surface area contributed by atoms with Crippen LogP contribution < -0.4 is 16.4 Å². The normalized spacial score (nSPS) is 13.0. The predicted molar refractivity (Wildman–Crippen MR) is 269 cm³/mol. The molecule has 0 radical (unpaired) electrons. The average Bonchev–Trinajstić information content (AvgIpc) is 3.83. The fourth-order valence-electron chi connectivity index (χ4n) is 12.2. The maximum Gasteiger partial charge on any atom is 0.252 e. The first-order valence-electron chi connectivity index (χ1n) is 22.2. The topological polar surface area (TPSA) is 22.8 Å². The minimum Gasteiger partial charge on any atom is -0.310 e. The molecule has 0 saturated heterocycles. The summed E-state index contributed by atoms with van der Waals surface area (Å²) in [5.41, 5.74) is 20.1. The van der Waals surface area contributed by atoms with Crippen LogP contribution in [0.5, 0.6) is 0 Å². The molecule has 0 unspecified atom stereocenters. The Balaban J connectivity index is 1.21. The van der Waals surface area contributed by atoms with Crippen LogP contribution in [0, 0.1) is 27.7 Å². The first-order chi connectivity index (χ1) is 30.9.